The fourth-order valence-electron chi connectivity index (χ4n) is 2.69. The molecule has 3 heterocycles. The van der Waals surface area contributed by atoms with Crippen LogP contribution >= 0.6 is 11.8 Å². The number of nitrogens with one attached hydrogen (secondary N) is 1. The molecule has 1 aliphatic rings. The van der Waals surface area contributed by atoms with E-state index >= 15 is 0 Å². The van der Waals surface area contributed by atoms with Gasteiger partial charge in [-0.1, -0.05) is 43.3 Å². The van der Waals surface area contributed by atoms with E-state index in [2.05, 4.69) is 27.4 Å². The van der Waals surface area contributed by atoms with Crippen LogP contribution in [0.15, 0.2) is 58.3 Å². The lowest BCUT2D eigenvalue weighted by Gasteiger charge is -2.15. The maximum absolute atomic E-state index is 6.12. The van der Waals surface area contributed by atoms with Crippen molar-refractivity contribution in [2.45, 2.75) is 31.1 Å². The van der Waals surface area contributed by atoms with Crippen LogP contribution in [0.1, 0.15) is 25.5 Å². The Morgan fingerprint density at radius 3 is 2.96 bits per heavy atom. The first kappa shape index (κ1) is 17.6. The molecule has 1 aliphatic heterocycles. The van der Waals surface area contributed by atoms with Gasteiger partial charge in [0.1, 0.15) is 5.76 Å². The van der Waals surface area contributed by atoms with E-state index in [0.717, 1.165) is 35.6 Å². The largest absolute Gasteiger partial charge is 0.465 e. The van der Waals surface area contributed by atoms with Crippen LogP contribution in [-0.4, -0.2) is 27.2 Å². The standard InChI is InChI=1S/C20H20N4O2S/c1-2-3-13-27-20-22-19-18(23-24-20)15-8-4-5-9-16(15)21-17(26-19)11-10-14-7-6-12-25-14/h4-12,17,21H,2-3,13H2,1H3/b11-10-/t17-/m0/s1. The molecular weight excluding hydrogens is 360 g/mol. The molecule has 7 heteroatoms. The van der Waals surface area contributed by atoms with Crippen LogP contribution in [-0.2, 0) is 0 Å². The monoisotopic (exact) mass is 380 g/mol. The van der Waals surface area contributed by atoms with E-state index in [1.54, 1.807) is 18.0 Å². The summed E-state index contributed by atoms with van der Waals surface area (Å²) in [6, 6.07) is 11.7. The van der Waals surface area contributed by atoms with Gasteiger partial charge in [-0.3, -0.25) is 0 Å². The first-order valence-electron chi connectivity index (χ1n) is 8.95. The second-order valence-electron chi connectivity index (χ2n) is 6.05. The van der Waals surface area contributed by atoms with Gasteiger partial charge in [0.25, 0.3) is 0 Å². The van der Waals surface area contributed by atoms with Crippen molar-refractivity contribution in [3.63, 3.8) is 0 Å². The molecule has 0 spiro atoms. The van der Waals surface area contributed by atoms with E-state index in [4.69, 9.17) is 9.15 Å². The third kappa shape index (κ3) is 4.14. The molecule has 138 valence electrons. The van der Waals surface area contributed by atoms with Crippen molar-refractivity contribution in [3.05, 3.63) is 54.5 Å². The second kappa shape index (κ2) is 8.26. The summed E-state index contributed by atoms with van der Waals surface area (Å²) in [6.07, 6.45) is 7.27. The first-order chi connectivity index (χ1) is 13.3. The van der Waals surface area contributed by atoms with Gasteiger partial charge < -0.3 is 14.5 Å². The molecule has 0 aliphatic carbocycles. The number of hydrogen-bond donors (Lipinski definition) is 1. The number of thioether (sulfide) groups is 1. The van der Waals surface area contributed by atoms with Gasteiger partial charge in [0.2, 0.25) is 11.0 Å². The topological polar surface area (TPSA) is 73.1 Å². The molecule has 1 atom stereocenters. The number of furan rings is 1. The predicted octanol–water partition coefficient (Wildman–Crippen LogP) is 4.87. The van der Waals surface area contributed by atoms with Crippen molar-refractivity contribution in [1.29, 1.82) is 0 Å². The summed E-state index contributed by atoms with van der Waals surface area (Å²) >= 11 is 1.60. The molecule has 0 saturated carbocycles. The predicted molar refractivity (Wildman–Crippen MR) is 107 cm³/mol. The van der Waals surface area contributed by atoms with Gasteiger partial charge in [0.05, 0.1) is 6.26 Å². The van der Waals surface area contributed by atoms with Crippen LogP contribution in [0.4, 0.5) is 5.69 Å². The Morgan fingerprint density at radius 1 is 1.19 bits per heavy atom. The van der Waals surface area contributed by atoms with Gasteiger partial charge in [-0.25, -0.2) is 0 Å². The Labute approximate surface area is 162 Å². The lowest BCUT2D eigenvalue weighted by atomic mass is 10.1. The highest BCUT2D eigenvalue weighted by Gasteiger charge is 2.23. The number of rotatable bonds is 6. The zero-order valence-corrected chi connectivity index (χ0v) is 15.8. The molecule has 2 aromatic heterocycles. The van der Waals surface area contributed by atoms with Gasteiger partial charge in [-0.2, -0.15) is 4.98 Å². The molecule has 4 rings (SSSR count). The number of aromatic nitrogens is 3. The molecule has 3 aromatic rings. The minimum atomic E-state index is -0.400. The Kier molecular flexibility index (Phi) is 5.39. The van der Waals surface area contributed by atoms with Crippen molar-refractivity contribution in [1.82, 2.24) is 15.2 Å². The molecule has 0 fully saturated rings. The molecule has 1 aromatic carbocycles. The molecule has 27 heavy (non-hydrogen) atoms. The van der Waals surface area contributed by atoms with Gasteiger partial charge in [0, 0.05) is 17.0 Å². The molecule has 0 amide bonds. The zero-order chi connectivity index (χ0) is 18.5. The summed E-state index contributed by atoms with van der Waals surface area (Å²) in [5, 5.41) is 12.7. The highest BCUT2D eigenvalue weighted by molar-refractivity contribution is 7.99. The third-order valence-electron chi connectivity index (χ3n) is 4.06. The summed E-state index contributed by atoms with van der Waals surface area (Å²) in [7, 11) is 0. The maximum atomic E-state index is 6.12. The number of benzene rings is 1. The number of ether oxygens (including phenoxy) is 1. The van der Waals surface area contributed by atoms with Crippen molar-refractivity contribution >= 4 is 23.5 Å². The Bertz CT molecular complexity index is 927. The van der Waals surface area contributed by atoms with Gasteiger partial charge >= 0.3 is 0 Å². The summed E-state index contributed by atoms with van der Waals surface area (Å²) < 4.78 is 11.5. The van der Waals surface area contributed by atoms with Crippen LogP contribution in [0.5, 0.6) is 5.88 Å². The summed E-state index contributed by atoms with van der Waals surface area (Å²) in [6.45, 7) is 2.17. The number of nitrogens with zero attached hydrogens (tertiary/aromatic N) is 3. The average Bonchev–Trinajstić information content (AvgIpc) is 3.15. The van der Waals surface area contributed by atoms with Gasteiger partial charge in [-0.05, 0) is 36.8 Å². The quantitative estimate of drug-likeness (QED) is 0.483. The summed E-state index contributed by atoms with van der Waals surface area (Å²) in [5.74, 6) is 2.21. The van der Waals surface area contributed by atoms with E-state index < -0.39 is 6.23 Å². The molecule has 0 bridgehead atoms. The number of para-hydroxylation sites is 1. The van der Waals surface area contributed by atoms with E-state index in [-0.39, 0.29) is 0 Å². The summed E-state index contributed by atoms with van der Waals surface area (Å²) in [4.78, 5) is 4.61. The zero-order valence-electron chi connectivity index (χ0n) is 15.0. The minimum Gasteiger partial charge on any atom is -0.465 e. The number of unbranched alkanes of at least 4 members (excludes halogenated alkanes) is 1. The number of anilines is 1. The lowest BCUT2D eigenvalue weighted by molar-refractivity contribution is 0.266. The Balaban J connectivity index is 1.66. The maximum Gasteiger partial charge on any atom is 0.247 e. The smallest absolute Gasteiger partial charge is 0.247 e. The fourth-order valence-corrected chi connectivity index (χ4v) is 3.55. The van der Waals surface area contributed by atoms with E-state index in [1.807, 2.05) is 48.6 Å². The van der Waals surface area contributed by atoms with Crippen molar-refractivity contribution < 1.29 is 9.15 Å². The lowest BCUT2D eigenvalue weighted by Crippen LogP contribution is -2.23. The highest BCUT2D eigenvalue weighted by atomic mass is 32.2. The molecule has 6 nitrogen and oxygen atoms in total. The van der Waals surface area contributed by atoms with E-state index in [0.29, 0.717) is 16.7 Å². The van der Waals surface area contributed by atoms with Crippen molar-refractivity contribution in [2.75, 3.05) is 11.1 Å². The van der Waals surface area contributed by atoms with Crippen LogP contribution < -0.4 is 10.1 Å². The third-order valence-corrected chi connectivity index (χ3v) is 4.99. The fraction of sp³-hybridized carbons (Fsp3) is 0.250. The van der Waals surface area contributed by atoms with Gasteiger partial charge in [0.15, 0.2) is 11.9 Å². The van der Waals surface area contributed by atoms with Crippen LogP contribution in [0, 0.1) is 0 Å². The normalized spacial score (nSPS) is 15.5. The van der Waals surface area contributed by atoms with Crippen molar-refractivity contribution in [3.8, 4) is 17.1 Å². The van der Waals surface area contributed by atoms with Crippen LogP contribution in [0.25, 0.3) is 17.3 Å². The highest BCUT2D eigenvalue weighted by Crippen LogP contribution is 2.36. The Morgan fingerprint density at radius 2 is 2.11 bits per heavy atom. The van der Waals surface area contributed by atoms with Crippen LogP contribution in [0.3, 0.4) is 0 Å². The first-order valence-corrected chi connectivity index (χ1v) is 9.94. The molecule has 0 unspecified atom stereocenters. The molecular formula is C20H20N4O2S. The van der Waals surface area contributed by atoms with E-state index in [9.17, 15) is 0 Å². The molecule has 0 saturated heterocycles. The molecule has 1 N–H and O–H groups in total. The second-order valence-corrected chi connectivity index (χ2v) is 7.12. The van der Waals surface area contributed by atoms with E-state index in [1.165, 1.54) is 0 Å². The number of hydrogen-bond acceptors (Lipinski definition) is 7. The summed E-state index contributed by atoms with van der Waals surface area (Å²) in [5.41, 5.74) is 2.49. The Hall–Kier alpha value is -2.80. The molecule has 0 radical (unpaired) electrons. The van der Waals surface area contributed by atoms with Crippen molar-refractivity contribution in [2.24, 2.45) is 0 Å². The van der Waals surface area contributed by atoms with Crippen LogP contribution in [0.2, 0.25) is 0 Å². The average molecular weight is 380 g/mol. The number of fused-ring (bicyclic) bond motifs is 3. The van der Waals surface area contributed by atoms with Gasteiger partial charge in [-0.15, -0.1) is 10.2 Å². The SMILES string of the molecule is CCCCSc1nnc2c(n1)O[C@@H](/C=C\c1ccco1)Nc1ccccc1-2. The minimum absolute atomic E-state index is 0.400.